The number of methoxy groups -OCH3 is 2. The molecule has 3 heterocycles. The van der Waals surface area contributed by atoms with E-state index in [2.05, 4.69) is 0 Å². The summed E-state index contributed by atoms with van der Waals surface area (Å²) in [6.07, 6.45) is 0.662. The van der Waals surface area contributed by atoms with Crippen LogP contribution >= 0.6 is 0 Å². The third-order valence-corrected chi connectivity index (χ3v) is 6.37. The molecule has 3 aliphatic rings. The first kappa shape index (κ1) is 20.5. The number of ether oxygens (including phenoxy) is 5. The quantitative estimate of drug-likeness (QED) is 0.727. The van der Waals surface area contributed by atoms with Crippen LogP contribution in [0.2, 0.25) is 0 Å². The highest BCUT2D eigenvalue weighted by molar-refractivity contribution is 6.01. The van der Waals surface area contributed by atoms with E-state index in [1.54, 1.807) is 30.2 Å². The summed E-state index contributed by atoms with van der Waals surface area (Å²) < 4.78 is 28.8. The van der Waals surface area contributed by atoms with Gasteiger partial charge in [0.15, 0.2) is 28.8 Å². The smallest absolute Gasteiger partial charge is 0.267 e. The summed E-state index contributed by atoms with van der Waals surface area (Å²) in [5, 5.41) is 0. The predicted octanol–water partition coefficient (Wildman–Crippen LogP) is 2.87. The normalized spacial score (nSPS) is 20.9. The van der Waals surface area contributed by atoms with E-state index < -0.39 is 11.7 Å². The van der Waals surface area contributed by atoms with E-state index in [1.165, 1.54) is 7.11 Å². The van der Waals surface area contributed by atoms with Gasteiger partial charge in [0.1, 0.15) is 12.2 Å². The lowest BCUT2D eigenvalue weighted by Gasteiger charge is -2.44. The van der Waals surface area contributed by atoms with Gasteiger partial charge in [-0.2, -0.15) is 0 Å². The topological polar surface area (TPSA) is 83.5 Å². The van der Waals surface area contributed by atoms with Gasteiger partial charge < -0.3 is 28.6 Å². The lowest BCUT2D eigenvalue weighted by Crippen LogP contribution is -2.55. The van der Waals surface area contributed by atoms with Crippen LogP contribution in [0.15, 0.2) is 36.4 Å². The number of nitrogens with zero attached hydrogens (tertiary/aromatic N) is 1. The van der Waals surface area contributed by atoms with Crippen molar-refractivity contribution in [2.24, 2.45) is 0 Å². The molecule has 8 heteroatoms. The fraction of sp³-hybridized carbons (Fsp3) is 0.417. The summed E-state index contributed by atoms with van der Waals surface area (Å²) in [5.74, 6) is 2.46. The zero-order chi connectivity index (χ0) is 22.3. The lowest BCUT2D eigenvalue weighted by molar-refractivity contribution is -0.144. The minimum atomic E-state index is -0.682. The van der Waals surface area contributed by atoms with Crippen LogP contribution in [0, 0.1) is 0 Å². The number of hydrogen-bond donors (Lipinski definition) is 0. The number of amides is 1. The first-order chi connectivity index (χ1) is 15.5. The van der Waals surface area contributed by atoms with Crippen LogP contribution in [0.5, 0.6) is 28.7 Å². The standard InChI is InChI=1S/C24H25NO7/c1-28-19-8-7-15-16(26)13-24(32-21(15)22(19)29-2)9-11-25(12-10-24)23(27)20-14-30-17-5-3-4-6-18(17)31-20/h3-8,20H,9-14H2,1-2H3. The summed E-state index contributed by atoms with van der Waals surface area (Å²) in [7, 11) is 3.07. The number of benzene rings is 2. The van der Waals surface area contributed by atoms with Gasteiger partial charge in [-0.15, -0.1) is 0 Å². The summed E-state index contributed by atoms with van der Waals surface area (Å²) in [4.78, 5) is 27.7. The van der Waals surface area contributed by atoms with Gasteiger partial charge in [0, 0.05) is 25.9 Å². The number of hydrogen-bond acceptors (Lipinski definition) is 7. The maximum absolute atomic E-state index is 13.1. The van der Waals surface area contributed by atoms with Crippen LogP contribution in [0.3, 0.4) is 0 Å². The molecule has 1 saturated heterocycles. The Morgan fingerprint density at radius 2 is 1.81 bits per heavy atom. The minimum absolute atomic E-state index is 0.00704. The summed E-state index contributed by atoms with van der Waals surface area (Å²) in [6, 6.07) is 10.7. The summed E-state index contributed by atoms with van der Waals surface area (Å²) in [5.41, 5.74) is -0.171. The molecule has 32 heavy (non-hydrogen) atoms. The zero-order valence-corrected chi connectivity index (χ0v) is 18.1. The van der Waals surface area contributed by atoms with Crippen molar-refractivity contribution in [3.63, 3.8) is 0 Å². The van der Waals surface area contributed by atoms with Gasteiger partial charge in [-0.25, -0.2) is 0 Å². The molecule has 0 N–H and O–H groups in total. The first-order valence-corrected chi connectivity index (χ1v) is 10.7. The highest BCUT2D eigenvalue weighted by atomic mass is 16.6. The Bertz CT molecular complexity index is 1060. The first-order valence-electron chi connectivity index (χ1n) is 10.7. The van der Waals surface area contributed by atoms with E-state index in [0.717, 1.165) is 0 Å². The van der Waals surface area contributed by atoms with Gasteiger partial charge >= 0.3 is 0 Å². The highest BCUT2D eigenvalue weighted by Gasteiger charge is 2.46. The molecule has 168 valence electrons. The van der Waals surface area contributed by atoms with Gasteiger partial charge in [-0.05, 0) is 24.3 Å². The molecule has 2 aromatic carbocycles. The van der Waals surface area contributed by atoms with E-state index in [0.29, 0.717) is 60.2 Å². The van der Waals surface area contributed by atoms with E-state index >= 15 is 0 Å². The molecule has 0 radical (unpaired) electrons. The summed E-state index contributed by atoms with van der Waals surface area (Å²) in [6.45, 7) is 1.11. The van der Waals surface area contributed by atoms with Crippen molar-refractivity contribution in [3.8, 4) is 28.7 Å². The molecular weight excluding hydrogens is 414 g/mol. The van der Waals surface area contributed by atoms with Crippen LogP contribution in [-0.4, -0.2) is 62.2 Å². The molecule has 1 unspecified atom stereocenters. The molecule has 1 atom stereocenters. The predicted molar refractivity (Wildman–Crippen MR) is 114 cm³/mol. The number of carbonyl (C=O) groups excluding carboxylic acids is 2. The number of likely N-dealkylation sites (tertiary alicyclic amines) is 1. The van der Waals surface area contributed by atoms with Gasteiger partial charge in [0.05, 0.1) is 26.2 Å². The third kappa shape index (κ3) is 3.39. The van der Waals surface area contributed by atoms with E-state index in [-0.39, 0.29) is 24.7 Å². The molecule has 5 rings (SSSR count). The molecule has 1 amide bonds. The molecular formula is C24H25NO7. The lowest BCUT2D eigenvalue weighted by atomic mass is 9.82. The molecule has 2 aromatic rings. The van der Waals surface area contributed by atoms with Gasteiger partial charge in [-0.3, -0.25) is 9.59 Å². The Balaban J connectivity index is 1.30. The van der Waals surface area contributed by atoms with E-state index in [4.69, 9.17) is 23.7 Å². The molecule has 1 spiro atoms. The van der Waals surface area contributed by atoms with Crippen LogP contribution in [0.25, 0.3) is 0 Å². The second-order valence-corrected chi connectivity index (χ2v) is 8.25. The molecule has 8 nitrogen and oxygen atoms in total. The number of fused-ring (bicyclic) bond motifs is 2. The molecule has 0 saturated carbocycles. The maximum Gasteiger partial charge on any atom is 0.267 e. The van der Waals surface area contributed by atoms with Crippen molar-refractivity contribution in [3.05, 3.63) is 42.0 Å². The largest absolute Gasteiger partial charge is 0.493 e. The van der Waals surface area contributed by atoms with Crippen LogP contribution in [0.1, 0.15) is 29.6 Å². The van der Waals surface area contributed by atoms with Crippen molar-refractivity contribution in [2.75, 3.05) is 33.9 Å². The Morgan fingerprint density at radius 1 is 1.06 bits per heavy atom. The molecule has 3 aliphatic heterocycles. The van der Waals surface area contributed by atoms with Crippen molar-refractivity contribution in [2.45, 2.75) is 31.0 Å². The molecule has 0 bridgehead atoms. The number of para-hydroxylation sites is 2. The second-order valence-electron chi connectivity index (χ2n) is 8.25. The van der Waals surface area contributed by atoms with Crippen LogP contribution in [0.4, 0.5) is 0 Å². The average Bonchev–Trinajstić information content (AvgIpc) is 2.83. The fourth-order valence-electron chi connectivity index (χ4n) is 4.62. The van der Waals surface area contributed by atoms with Gasteiger partial charge in [0.2, 0.25) is 11.9 Å². The van der Waals surface area contributed by atoms with Gasteiger partial charge in [0.25, 0.3) is 5.91 Å². The number of piperidine rings is 1. The van der Waals surface area contributed by atoms with Crippen molar-refractivity contribution in [1.82, 2.24) is 4.90 Å². The average molecular weight is 439 g/mol. The van der Waals surface area contributed by atoms with Crippen LogP contribution in [-0.2, 0) is 4.79 Å². The molecule has 1 fully saturated rings. The van der Waals surface area contributed by atoms with Crippen molar-refractivity contribution >= 4 is 11.7 Å². The van der Waals surface area contributed by atoms with Crippen LogP contribution < -0.4 is 23.7 Å². The van der Waals surface area contributed by atoms with Crippen molar-refractivity contribution in [1.29, 1.82) is 0 Å². The Hall–Kier alpha value is -3.42. The summed E-state index contributed by atoms with van der Waals surface area (Å²) >= 11 is 0. The monoisotopic (exact) mass is 439 g/mol. The number of carbonyl (C=O) groups is 2. The van der Waals surface area contributed by atoms with E-state index in [9.17, 15) is 9.59 Å². The van der Waals surface area contributed by atoms with E-state index in [1.807, 2.05) is 18.2 Å². The number of Topliss-reactive ketones (excluding diaryl/α,β-unsaturated/α-hetero) is 1. The SMILES string of the molecule is COc1ccc2c(c1OC)OC1(CCN(C(=O)C3COc4ccccc4O3)CC1)CC2=O. The highest BCUT2D eigenvalue weighted by Crippen LogP contribution is 2.48. The number of rotatable bonds is 3. The molecule has 0 aliphatic carbocycles. The fourth-order valence-corrected chi connectivity index (χ4v) is 4.62. The Morgan fingerprint density at radius 3 is 2.53 bits per heavy atom. The Kier molecular flexibility index (Phi) is 5.07. The second kappa shape index (κ2) is 7.93. The van der Waals surface area contributed by atoms with Gasteiger partial charge in [-0.1, -0.05) is 12.1 Å². The maximum atomic E-state index is 13.1. The number of ketones is 1. The third-order valence-electron chi connectivity index (χ3n) is 6.37. The molecule has 0 aromatic heterocycles. The Labute approximate surface area is 186 Å². The van der Waals surface area contributed by atoms with Crippen molar-refractivity contribution < 1.29 is 33.3 Å². The minimum Gasteiger partial charge on any atom is -0.493 e. The zero-order valence-electron chi connectivity index (χ0n) is 18.1.